The van der Waals surface area contributed by atoms with Gasteiger partial charge in [0.15, 0.2) is 11.0 Å². The molecular weight excluding hydrogens is 623 g/mol. The highest BCUT2D eigenvalue weighted by atomic mass is 127. The third-order valence-corrected chi connectivity index (χ3v) is 7.39. The van der Waals surface area contributed by atoms with Gasteiger partial charge < -0.3 is 14.6 Å². The lowest BCUT2D eigenvalue weighted by Gasteiger charge is -2.12. The van der Waals surface area contributed by atoms with Gasteiger partial charge in [0, 0.05) is 21.4 Å². The largest absolute Gasteiger partial charge is 0.488 e. The van der Waals surface area contributed by atoms with E-state index in [1.165, 1.54) is 15.3 Å². The summed E-state index contributed by atoms with van der Waals surface area (Å²) < 4.78 is 9.08. The molecule has 0 fully saturated rings. The van der Waals surface area contributed by atoms with Crippen molar-refractivity contribution < 1.29 is 9.53 Å². The number of rotatable bonds is 13. The van der Waals surface area contributed by atoms with Crippen LogP contribution in [0.25, 0.3) is 0 Å². The molecule has 0 aliphatic carbocycles. The van der Waals surface area contributed by atoms with Crippen molar-refractivity contribution in [2.75, 3.05) is 5.32 Å². The van der Waals surface area contributed by atoms with Gasteiger partial charge in [-0.3, -0.25) is 4.79 Å². The number of allylic oxidation sites excluding steroid dienone is 1. The van der Waals surface area contributed by atoms with Crippen LogP contribution in [0.3, 0.4) is 0 Å². The van der Waals surface area contributed by atoms with Gasteiger partial charge in [-0.2, -0.15) is 5.10 Å². The Morgan fingerprint density at radius 3 is 2.62 bits per heavy atom. The second-order valence-corrected chi connectivity index (χ2v) is 11.0. The van der Waals surface area contributed by atoms with Gasteiger partial charge in [-0.15, -0.1) is 16.8 Å². The molecule has 10 heteroatoms. The van der Waals surface area contributed by atoms with Crippen molar-refractivity contribution in [1.82, 2.24) is 20.2 Å². The van der Waals surface area contributed by atoms with Gasteiger partial charge >= 0.3 is 0 Å². The van der Waals surface area contributed by atoms with E-state index in [0.29, 0.717) is 30.6 Å². The zero-order chi connectivity index (χ0) is 27.5. The van der Waals surface area contributed by atoms with E-state index in [4.69, 9.17) is 4.74 Å². The molecule has 4 rings (SSSR count). The van der Waals surface area contributed by atoms with Gasteiger partial charge in [-0.05, 0) is 71.5 Å². The fourth-order valence-electron chi connectivity index (χ4n) is 3.52. The first-order chi connectivity index (χ1) is 19.0. The number of anilines is 1. The second-order valence-electron chi connectivity index (χ2n) is 8.46. The van der Waals surface area contributed by atoms with Crippen LogP contribution in [0.1, 0.15) is 23.9 Å². The van der Waals surface area contributed by atoms with Crippen molar-refractivity contribution in [3.8, 4) is 5.75 Å². The number of carbonyl (C=O) groups excluding carboxylic acids is 1. The lowest BCUT2D eigenvalue weighted by atomic mass is 10.2. The molecule has 0 aliphatic heterocycles. The molecule has 1 heterocycles. The normalized spacial score (nSPS) is 11.7. The quantitative estimate of drug-likeness (QED) is 0.0616. The van der Waals surface area contributed by atoms with E-state index in [0.717, 1.165) is 22.6 Å². The molecular formula is C29H29IN6O2S. The van der Waals surface area contributed by atoms with E-state index in [2.05, 4.69) is 55.2 Å². The average molecular weight is 653 g/mol. The molecule has 0 saturated heterocycles. The number of nitrogens with zero attached hydrogens (tertiary/aromatic N) is 4. The molecule has 200 valence electrons. The molecule has 1 aromatic heterocycles. The molecule has 0 unspecified atom stereocenters. The fourth-order valence-corrected chi connectivity index (χ4v) is 4.75. The predicted molar refractivity (Wildman–Crippen MR) is 165 cm³/mol. The number of ether oxygens (including phenoxy) is 1. The van der Waals surface area contributed by atoms with E-state index in [1.807, 2.05) is 90.4 Å². The molecule has 0 bridgehead atoms. The summed E-state index contributed by atoms with van der Waals surface area (Å²) >= 11 is 3.59. The fraction of sp³-hybridized carbons (Fsp3) is 0.172. The molecule has 1 amide bonds. The number of para-hydroxylation sites is 1. The van der Waals surface area contributed by atoms with Crippen LogP contribution in [0, 0.1) is 3.57 Å². The summed E-state index contributed by atoms with van der Waals surface area (Å²) in [4.78, 5) is 12.8. The summed E-state index contributed by atoms with van der Waals surface area (Å²) in [6.45, 7) is 7.14. The maximum atomic E-state index is 12.8. The van der Waals surface area contributed by atoms with Gasteiger partial charge in [0.2, 0.25) is 0 Å². The molecule has 1 atom stereocenters. The Morgan fingerprint density at radius 1 is 1.10 bits per heavy atom. The van der Waals surface area contributed by atoms with Crippen LogP contribution in [0.2, 0.25) is 0 Å². The number of halogens is 1. The molecule has 0 saturated carbocycles. The zero-order valence-electron chi connectivity index (χ0n) is 21.5. The Kier molecular flexibility index (Phi) is 10.5. The van der Waals surface area contributed by atoms with Crippen molar-refractivity contribution >= 4 is 52.2 Å². The molecule has 4 aromatic rings. The minimum absolute atomic E-state index is 0.245. The Morgan fingerprint density at radius 2 is 1.85 bits per heavy atom. The van der Waals surface area contributed by atoms with E-state index in [-0.39, 0.29) is 5.91 Å². The number of benzene rings is 3. The van der Waals surface area contributed by atoms with Gasteiger partial charge in [0.05, 0.1) is 18.0 Å². The van der Waals surface area contributed by atoms with Crippen molar-refractivity contribution in [2.24, 2.45) is 5.10 Å². The maximum Gasteiger partial charge on any atom is 0.253 e. The first-order valence-electron chi connectivity index (χ1n) is 12.3. The minimum atomic E-state index is -0.448. The standard InChI is InChI=1S/C29H29IN6O2S/c1-3-17-36-27(19-31-25-15-13-24(30)14-16-25)33-35-29(36)39-21(2)28(37)34-32-18-23-11-7-8-12-26(23)38-20-22-9-5-4-6-10-22/h3-16,18,21,31H,1,17,19-20H2,2H3,(H,34,37)/t21-/m0/s1. The monoisotopic (exact) mass is 652 g/mol. The van der Waals surface area contributed by atoms with Crippen LogP contribution in [0.15, 0.2) is 102 Å². The van der Waals surface area contributed by atoms with Crippen molar-refractivity contribution in [3.63, 3.8) is 0 Å². The molecule has 39 heavy (non-hydrogen) atoms. The SMILES string of the molecule is C=CCn1c(CNc2ccc(I)cc2)nnc1S[C@@H](C)C(=O)NN=Cc1ccccc1OCc1ccccc1. The molecule has 2 N–H and O–H groups in total. The van der Waals surface area contributed by atoms with Crippen LogP contribution < -0.4 is 15.5 Å². The molecule has 0 aliphatic rings. The number of hydrogen-bond donors (Lipinski definition) is 2. The average Bonchev–Trinajstić information content (AvgIpc) is 3.33. The highest BCUT2D eigenvalue weighted by molar-refractivity contribution is 14.1. The highest BCUT2D eigenvalue weighted by Gasteiger charge is 2.19. The van der Waals surface area contributed by atoms with Crippen molar-refractivity contribution in [2.45, 2.75) is 37.0 Å². The lowest BCUT2D eigenvalue weighted by Crippen LogP contribution is -2.27. The van der Waals surface area contributed by atoms with E-state index in [1.54, 1.807) is 12.3 Å². The van der Waals surface area contributed by atoms with E-state index >= 15 is 0 Å². The Labute approximate surface area is 246 Å². The second kappa shape index (κ2) is 14.5. The summed E-state index contributed by atoms with van der Waals surface area (Å²) in [6.07, 6.45) is 3.37. The van der Waals surface area contributed by atoms with Gasteiger partial charge in [-0.1, -0.05) is 60.3 Å². The Bertz CT molecular complexity index is 1410. The molecule has 0 spiro atoms. The zero-order valence-corrected chi connectivity index (χ0v) is 24.4. The number of aromatic nitrogens is 3. The van der Waals surface area contributed by atoms with Gasteiger partial charge in [0.1, 0.15) is 12.4 Å². The van der Waals surface area contributed by atoms with E-state index in [9.17, 15) is 4.79 Å². The molecule has 0 radical (unpaired) electrons. The van der Waals surface area contributed by atoms with Crippen molar-refractivity contribution in [3.05, 3.63) is 112 Å². The number of hydrogen-bond acceptors (Lipinski definition) is 7. The first kappa shape index (κ1) is 28.4. The topological polar surface area (TPSA) is 93.4 Å². The van der Waals surface area contributed by atoms with Gasteiger partial charge in [0.25, 0.3) is 5.91 Å². The summed E-state index contributed by atoms with van der Waals surface area (Å²) in [6, 6.07) is 25.6. The Balaban J connectivity index is 1.33. The van der Waals surface area contributed by atoms with Crippen molar-refractivity contribution in [1.29, 1.82) is 0 Å². The number of nitrogens with one attached hydrogen (secondary N) is 2. The van der Waals surface area contributed by atoms with E-state index < -0.39 is 5.25 Å². The lowest BCUT2D eigenvalue weighted by molar-refractivity contribution is -0.120. The van der Waals surface area contributed by atoms with Crippen LogP contribution in [-0.4, -0.2) is 32.1 Å². The Hall–Kier alpha value is -3.64. The number of carbonyl (C=O) groups is 1. The van der Waals surface area contributed by atoms with Crippen LogP contribution in [0.4, 0.5) is 5.69 Å². The molecule has 3 aromatic carbocycles. The smallest absolute Gasteiger partial charge is 0.253 e. The molecule has 8 nitrogen and oxygen atoms in total. The predicted octanol–water partition coefficient (Wildman–Crippen LogP) is 5.89. The summed E-state index contributed by atoms with van der Waals surface area (Å²) in [7, 11) is 0. The third kappa shape index (κ3) is 8.42. The summed E-state index contributed by atoms with van der Waals surface area (Å²) in [5, 5.41) is 16.4. The number of amides is 1. The van der Waals surface area contributed by atoms with Crippen LogP contribution in [-0.2, 0) is 24.5 Å². The van der Waals surface area contributed by atoms with Crippen LogP contribution in [0.5, 0.6) is 5.75 Å². The first-order valence-corrected chi connectivity index (χ1v) is 14.3. The summed E-state index contributed by atoms with van der Waals surface area (Å²) in [5.41, 5.74) is 5.46. The third-order valence-electron chi connectivity index (χ3n) is 5.59. The van der Waals surface area contributed by atoms with Gasteiger partial charge in [-0.25, -0.2) is 5.43 Å². The number of hydrazone groups is 1. The minimum Gasteiger partial charge on any atom is -0.488 e. The summed E-state index contributed by atoms with van der Waals surface area (Å²) in [5.74, 6) is 1.20. The highest BCUT2D eigenvalue weighted by Crippen LogP contribution is 2.23. The van der Waals surface area contributed by atoms with Crippen LogP contribution >= 0.6 is 34.4 Å². The maximum absolute atomic E-state index is 12.8. The number of thioether (sulfide) groups is 1.